The van der Waals surface area contributed by atoms with Crippen LogP contribution in [-0.4, -0.2) is 33.5 Å². The summed E-state index contributed by atoms with van der Waals surface area (Å²) in [7, 11) is 2.11. The molecule has 0 saturated heterocycles. The average molecular weight is 259 g/mol. The van der Waals surface area contributed by atoms with E-state index in [-0.39, 0.29) is 0 Å². The molecule has 19 heavy (non-hydrogen) atoms. The predicted molar refractivity (Wildman–Crippen MR) is 75.4 cm³/mol. The maximum atomic E-state index is 5.51. The molecule has 0 amide bonds. The van der Waals surface area contributed by atoms with Gasteiger partial charge in [0.2, 0.25) is 0 Å². The van der Waals surface area contributed by atoms with Gasteiger partial charge in [-0.25, -0.2) is 0 Å². The van der Waals surface area contributed by atoms with Crippen LogP contribution in [0.5, 0.6) is 0 Å². The number of nitrogens with two attached hydrogens (primary N) is 1. The van der Waals surface area contributed by atoms with E-state index in [4.69, 9.17) is 5.73 Å². The highest BCUT2D eigenvalue weighted by Crippen LogP contribution is 2.06. The van der Waals surface area contributed by atoms with Gasteiger partial charge in [0, 0.05) is 25.8 Å². The van der Waals surface area contributed by atoms with Gasteiger partial charge in [-0.3, -0.25) is 4.68 Å². The zero-order valence-electron chi connectivity index (χ0n) is 11.6. The fraction of sp³-hybridized carbons (Fsp3) is 0.429. The summed E-state index contributed by atoms with van der Waals surface area (Å²) >= 11 is 0. The summed E-state index contributed by atoms with van der Waals surface area (Å²) in [6.07, 6.45) is 1.90. The molecule has 2 N–H and O–H groups in total. The van der Waals surface area contributed by atoms with E-state index in [0.29, 0.717) is 6.54 Å². The first-order valence-corrected chi connectivity index (χ1v) is 6.50. The minimum absolute atomic E-state index is 0.444. The summed E-state index contributed by atoms with van der Waals surface area (Å²) in [6, 6.07) is 8.60. The largest absolute Gasteiger partial charge is 0.325 e. The standard InChI is InChI=1S/C14H21N5/c1-12-4-3-5-13(8-12)10-18(2)6-7-19-11-14(9-15)16-17-19/h3-5,8,11H,6-7,9-10,15H2,1-2H3. The van der Waals surface area contributed by atoms with Gasteiger partial charge in [0.1, 0.15) is 0 Å². The second kappa shape index (κ2) is 6.45. The molecule has 1 aromatic carbocycles. The molecule has 0 unspecified atom stereocenters. The molecule has 1 aromatic heterocycles. The smallest absolute Gasteiger partial charge is 0.0962 e. The highest BCUT2D eigenvalue weighted by atomic mass is 15.4. The van der Waals surface area contributed by atoms with Crippen LogP contribution in [0.1, 0.15) is 16.8 Å². The molecule has 0 spiro atoms. The van der Waals surface area contributed by atoms with E-state index in [9.17, 15) is 0 Å². The number of benzene rings is 1. The van der Waals surface area contributed by atoms with Gasteiger partial charge in [0.15, 0.2) is 0 Å². The summed E-state index contributed by atoms with van der Waals surface area (Å²) in [5, 5.41) is 8.02. The fourth-order valence-corrected chi connectivity index (χ4v) is 2.02. The number of hydrogen-bond donors (Lipinski definition) is 1. The van der Waals surface area contributed by atoms with E-state index in [0.717, 1.165) is 25.3 Å². The molecule has 2 rings (SSSR count). The number of rotatable bonds is 6. The van der Waals surface area contributed by atoms with Gasteiger partial charge >= 0.3 is 0 Å². The molecule has 0 saturated carbocycles. The highest BCUT2D eigenvalue weighted by Gasteiger charge is 2.03. The Balaban J connectivity index is 1.82. The van der Waals surface area contributed by atoms with Crippen molar-refractivity contribution in [1.82, 2.24) is 19.9 Å². The maximum Gasteiger partial charge on any atom is 0.0962 e. The highest BCUT2D eigenvalue weighted by molar-refractivity contribution is 5.21. The van der Waals surface area contributed by atoms with Crippen molar-refractivity contribution in [2.45, 2.75) is 26.6 Å². The first kappa shape index (κ1) is 13.7. The number of aromatic nitrogens is 3. The van der Waals surface area contributed by atoms with E-state index in [1.54, 1.807) is 0 Å². The molecule has 0 radical (unpaired) electrons. The van der Waals surface area contributed by atoms with E-state index in [1.807, 2.05) is 10.9 Å². The molecule has 0 bridgehead atoms. The SMILES string of the molecule is Cc1cccc(CN(C)CCn2cc(CN)nn2)c1. The van der Waals surface area contributed by atoms with Gasteiger partial charge in [-0.2, -0.15) is 0 Å². The van der Waals surface area contributed by atoms with Crippen LogP contribution in [0, 0.1) is 6.92 Å². The van der Waals surface area contributed by atoms with Gasteiger partial charge in [-0.05, 0) is 19.5 Å². The Morgan fingerprint density at radius 2 is 2.21 bits per heavy atom. The molecule has 2 aromatic rings. The minimum atomic E-state index is 0.444. The van der Waals surface area contributed by atoms with Gasteiger partial charge in [-0.15, -0.1) is 5.10 Å². The Morgan fingerprint density at radius 3 is 2.89 bits per heavy atom. The van der Waals surface area contributed by atoms with Crippen molar-refractivity contribution in [3.05, 3.63) is 47.3 Å². The molecular formula is C14H21N5. The van der Waals surface area contributed by atoms with E-state index in [1.165, 1.54) is 11.1 Å². The second-order valence-electron chi connectivity index (χ2n) is 4.90. The normalized spacial score (nSPS) is 11.2. The van der Waals surface area contributed by atoms with Crippen molar-refractivity contribution in [1.29, 1.82) is 0 Å². The molecule has 0 fully saturated rings. The van der Waals surface area contributed by atoms with E-state index < -0.39 is 0 Å². The topological polar surface area (TPSA) is 60.0 Å². The van der Waals surface area contributed by atoms with Crippen LogP contribution in [0.25, 0.3) is 0 Å². The van der Waals surface area contributed by atoms with Gasteiger partial charge in [0.25, 0.3) is 0 Å². The minimum Gasteiger partial charge on any atom is -0.325 e. The average Bonchev–Trinajstić information content (AvgIpc) is 2.84. The van der Waals surface area contributed by atoms with E-state index in [2.05, 4.69) is 53.4 Å². The summed E-state index contributed by atoms with van der Waals surface area (Å²) < 4.78 is 1.84. The number of hydrogen-bond acceptors (Lipinski definition) is 4. The Kier molecular flexibility index (Phi) is 4.65. The number of aryl methyl sites for hydroxylation is 1. The number of likely N-dealkylation sites (N-methyl/N-ethyl adjacent to an activating group) is 1. The van der Waals surface area contributed by atoms with Crippen molar-refractivity contribution in [2.24, 2.45) is 5.73 Å². The lowest BCUT2D eigenvalue weighted by Crippen LogP contribution is -2.23. The quantitative estimate of drug-likeness (QED) is 0.846. The first-order chi connectivity index (χ1) is 9.17. The lowest BCUT2D eigenvalue weighted by atomic mass is 10.1. The molecule has 102 valence electrons. The summed E-state index contributed by atoms with van der Waals surface area (Å²) in [5.41, 5.74) is 8.98. The van der Waals surface area contributed by atoms with E-state index >= 15 is 0 Å². The molecular weight excluding hydrogens is 238 g/mol. The lowest BCUT2D eigenvalue weighted by molar-refractivity contribution is 0.304. The van der Waals surface area contributed by atoms with Crippen LogP contribution < -0.4 is 5.73 Å². The molecule has 0 aliphatic carbocycles. The molecule has 1 heterocycles. The Bertz CT molecular complexity index is 520. The van der Waals surface area contributed by atoms with Crippen LogP contribution >= 0.6 is 0 Å². The van der Waals surface area contributed by atoms with Crippen molar-refractivity contribution in [3.8, 4) is 0 Å². The van der Waals surface area contributed by atoms with Crippen molar-refractivity contribution in [2.75, 3.05) is 13.6 Å². The monoisotopic (exact) mass is 259 g/mol. The van der Waals surface area contributed by atoms with Crippen LogP contribution in [0.4, 0.5) is 0 Å². The van der Waals surface area contributed by atoms with Crippen molar-refractivity contribution in [3.63, 3.8) is 0 Å². The third-order valence-electron chi connectivity index (χ3n) is 3.04. The predicted octanol–water partition coefficient (Wildman–Crippen LogP) is 1.18. The van der Waals surface area contributed by atoms with Crippen LogP contribution in [-0.2, 0) is 19.6 Å². The second-order valence-corrected chi connectivity index (χ2v) is 4.90. The van der Waals surface area contributed by atoms with Crippen LogP contribution in [0.3, 0.4) is 0 Å². The summed E-state index contributed by atoms with van der Waals surface area (Å²) in [6.45, 7) is 5.27. The molecule has 5 heteroatoms. The molecule has 0 aliphatic rings. The molecule has 5 nitrogen and oxygen atoms in total. The van der Waals surface area contributed by atoms with Crippen molar-refractivity contribution < 1.29 is 0 Å². The summed E-state index contributed by atoms with van der Waals surface area (Å²) in [5.74, 6) is 0. The fourth-order valence-electron chi connectivity index (χ4n) is 2.02. The Hall–Kier alpha value is -1.72. The van der Waals surface area contributed by atoms with Crippen LogP contribution in [0.15, 0.2) is 30.5 Å². The van der Waals surface area contributed by atoms with Gasteiger partial charge in [0.05, 0.1) is 12.2 Å². The van der Waals surface area contributed by atoms with Crippen molar-refractivity contribution >= 4 is 0 Å². The summed E-state index contributed by atoms with van der Waals surface area (Å²) in [4.78, 5) is 2.28. The lowest BCUT2D eigenvalue weighted by Gasteiger charge is -2.16. The van der Waals surface area contributed by atoms with Gasteiger partial charge < -0.3 is 10.6 Å². The molecule has 0 atom stereocenters. The number of nitrogens with zero attached hydrogens (tertiary/aromatic N) is 4. The first-order valence-electron chi connectivity index (χ1n) is 6.50. The Morgan fingerprint density at radius 1 is 1.37 bits per heavy atom. The third-order valence-corrected chi connectivity index (χ3v) is 3.04. The maximum absolute atomic E-state index is 5.51. The zero-order chi connectivity index (χ0) is 13.7. The van der Waals surface area contributed by atoms with Gasteiger partial charge in [-0.1, -0.05) is 35.0 Å². The third kappa shape index (κ3) is 4.15. The molecule has 0 aliphatic heterocycles. The van der Waals surface area contributed by atoms with Crippen LogP contribution in [0.2, 0.25) is 0 Å². The zero-order valence-corrected chi connectivity index (χ0v) is 11.6. The Labute approximate surface area is 114 Å².